The van der Waals surface area contributed by atoms with Gasteiger partial charge in [-0.15, -0.1) is 0 Å². The summed E-state index contributed by atoms with van der Waals surface area (Å²) in [6.07, 6.45) is 0.552. The molecule has 8 heteroatoms. The number of hydrogen-bond donors (Lipinski definition) is 1. The van der Waals surface area contributed by atoms with Gasteiger partial charge in [-0.05, 0) is 42.7 Å². The lowest BCUT2D eigenvalue weighted by molar-refractivity contribution is -0.123. The Labute approximate surface area is 154 Å². The number of nitrogens with zero attached hydrogens (tertiary/aromatic N) is 2. The maximum Gasteiger partial charge on any atom is 0.405 e. The molecule has 2 amide bonds. The Morgan fingerprint density at radius 3 is 2.22 bits per heavy atom. The molecule has 3 rings (SSSR count). The van der Waals surface area contributed by atoms with E-state index in [9.17, 15) is 22.8 Å². The Kier molecular flexibility index (Phi) is 5.43. The number of hydrogen-bond acceptors (Lipinski definition) is 3. The third-order valence-corrected chi connectivity index (χ3v) is 4.19. The third kappa shape index (κ3) is 5.29. The zero-order chi connectivity index (χ0) is 19.4. The number of nitrogens with one attached hydrogen (secondary N) is 1. The molecule has 2 aromatic rings. The highest BCUT2D eigenvalue weighted by atomic mass is 19.4. The molecule has 1 heterocycles. The van der Waals surface area contributed by atoms with Gasteiger partial charge >= 0.3 is 6.18 Å². The topological polar surface area (TPSA) is 62.3 Å². The van der Waals surface area contributed by atoms with Gasteiger partial charge in [-0.1, -0.05) is 12.1 Å². The van der Waals surface area contributed by atoms with E-state index in [1.807, 2.05) is 5.32 Å². The molecule has 0 atom stereocenters. The quantitative estimate of drug-likeness (QED) is 0.841. The molecule has 5 nitrogen and oxygen atoms in total. The summed E-state index contributed by atoms with van der Waals surface area (Å²) in [6, 6.07) is 9.72. The zero-order valence-corrected chi connectivity index (χ0v) is 14.4. The van der Waals surface area contributed by atoms with Crippen molar-refractivity contribution in [2.75, 3.05) is 6.54 Å². The maximum atomic E-state index is 12.7. The lowest BCUT2D eigenvalue weighted by Gasteiger charge is -2.22. The van der Waals surface area contributed by atoms with Crippen molar-refractivity contribution >= 4 is 11.8 Å². The van der Waals surface area contributed by atoms with E-state index in [0.717, 1.165) is 18.4 Å². The van der Waals surface area contributed by atoms with Crippen LogP contribution >= 0.6 is 0 Å². The van der Waals surface area contributed by atoms with Gasteiger partial charge in [0, 0.05) is 36.1 Å². The standard InChI is InChI=1S/C19H18F3N3O2/c20-19(21,22)12-24-17(26)14-3-1-13(2-4-14)11-25(16-5-6-16)18(27)15-7-9-23-10-8-15/h1-4,7-10,16H,5-6,11-12H2,(H,24,26). The molecule has 0 unspecified atom stereocenters. The van der Waals surface area contributed by atoms with Crippen LogP contribution in [0, 0.1) is 0 Å². The van der Waals surface area contributed by atoms with E-state index in [1.54, 1.807) is 41.6 Å². The maximum absolute atomic E-state index is 12.7. The Bertz CT molecular complexity index is 803. The van der Waals surface area contributed by atoms with E-state index in [-0.39, 0.29) is 17.5 Å². The predicted molar refractivity (Wildman–Crippen MR) is 92.0 cm³/mol. The lowest BCUT2D eigenvalue weighted by atomic mass is 10.1. The molecule has 1 aromatic heterocycles. The third-order valence-electron chi connectivity index (χ3n) is 4.19. The second kappa shape index (κ2) is 7.77. The summed E-state index contributed by atoms with van der Waals surface area (Å²) in [4.78, 5) is 30.1. The van der Waals surface area contributed by atoms with Crippen molar-refractivity contribution in [3.8, 4) is 0 Å². The highest BCUT2D eigenvalue weighted by Crippen LogP contribution is 2.29. The first-order chi connectivity index (χ1) is 12.8. The Balaban J connectivity index is 1.65. The first kappa shape index (κ1) is 18.9. The molecule has 0 bridgehead atoms. The molecule has 0 aliphatic heterocycles. The molecule has 1 N–H and O–H groups in total. The van der Waals surface area contributed by atoms with Gasteiger partial charge in [0.25, 0.3) is 11.8 Å². The van der Waals surface area contributed by atoms with Crippen LogP contribution in [-0.2, 0) is 6.54 Å². The molecule has 0 spiro atoms. The summed E-state index contributed by atoms with van der Waals surface area (Å²) in [5.41, 5.74) is 1.50. The van der Waals surface area contributed by atoms with Crippen molar-refractivity contribution in [2.24, 2.45) is 0 Å². The zero-order valence-electron chi connectivity index (χ0n) is 14.4. The number of amides is 2. The van der Waals surface area contributed by atoms with Crippen molar-refractivity contribution in [3.63, 3.8) is 0 Å². The number of rotatable bonds is 6. The van der Waals surface area contributed by atoms with Crippen molar-refractivity contribution in [1.82, 2.24) is 15.2 Å². The van der Waals surface area contributed by atoms with E-state index in [4.69, 9.17) is 0 Å². The fourth-order valence-corrected chi connectivity index (χ4v) is 2.65. The molecule has 0 radical (unpaired) electrons. The molecule has 0 saturated heterocycles. The van der Waals surface area contributed by atoms with Gasteiger partial charge < -0.3 is 10.2 Å². The minimum absolute atomic E-state index is 0.0908. The van der Waals surface area contributed by atoms with Crippen LogP contribution in [0.25, 0.3) is 0 Å². The van der Waals surface area contributed by atoms with Crippen molar-refractivity contribution in [1.29, 1.82) is 0 Å². The van der Waals surface area contributed by atoms with Gasteiger partial charge in [0.1, 0.15) is 6.54 Å². The highest BCUT2D eigenvalue weighted by Gasteiger charge is 2.33. The van der Waals surface area contributed by atoms with Crippen molar-refractivity contribution in [2.45, 2.75) is 31.6 Å². The van der Waals surface area contributed by atoms with Crippen LogP contribution in [0.2, 0.25) is 0 Å². The van der Waals surface area contributed by atoms with Crippen molar-refractivity contribution in [3.05, 3.63) is 65.5 Å². The number of pyridine rings is 1. The average Bonchev–Trinajstić information content (AvgIpc) is 3.49. The first-order valence-corrected chi connectivity index (χ1v) is 8.48. The molecule has 1 aliphatic carbocycles. The van der Waals surface area contributed by atoms with Gasteiger partial charge in [-0.3, -0.25) is 14.6 Å². The smallest absolute Gasteiger partial charge is 0.343 e. The predicted octanol–water partition coefficient (Wildman–Crippen LogP) is 3.18. The van der Waals surface area contributed by atoms with Gasteiger partial charge in [-0.2, -0.15) is 13.2 Å². The fourth-order valence-electron chi connectivity index (χ4n) is 2.65. The highest BCUT2D eigenvalue weighted by molar-refractivity contribution is 5.95. The van der Waals surface area contributed by atoms with Gasteiger partial charge in [-0.25, -0.2) is 0 Å². The van der Waals surface area contributed by atoms with Crippen LogP contribution < -0.4 is 5.32 Å². The van der Waals surface area contributed by atoms with E-state index in [2.05, 4.69) is 4.98 Å². The van der Waals surface area contributed by atoms with Crippen LogP contribution in [0.3, 0.4) is 0 Å². The monoisotopic (exact) mass is 377 g/mol. The molecule has 142 valence electrons. The number of carbonyl (C=O) groups excluding carboxylic acids is 2. The largest absolute Gasteiger partial charge is 0.405 e. The number of halogens is 3. The number of carbonyl (C=O) groups is 2. The summed E-state index contributed by atoms with van der Waals surface area (Å²) >= 11 is 0. The van der Waals surface area contributed by atoms with Gasteiger partial charge in [0.05, 0.1) is 0 Å². The van der Waals surface area contributed by atoms with Crippen molar-refractivity contribution < 1.29 is 22.8 Å². The van der Waals surface area contributed by atoms with E-state index < -0.39 is 18.6 Å². The summed E-state index contributed by atoms with van der Waals surface area (Å²) in [5.74, 6) is -0.877. The van der Waals surface area contributed by atoms with Crippen LogP contribution in [0.4, 0.5) is 13.2 Å². The minimum Gasteiger partial charge on any atom is -0.343 e. The Morgan fingerprint density at radius 1 is 1.04 bits per heavy atom. The molecule has 27 heavy (non-hydrogen) atoms. The summed E-state index contributed by atoms with van der Waals surface area (Å²) in [5, 5.41) is 1.83. The summed E-state index contributed by atoms with van der Waals surface area (Å²) < 4.78 is 36.5. The number of alkyl halides is 3. The molecule has 1 aromatic carbocycles. The second-order valence-electron chi connectivity index (χ2n) is 6.39. The number of aromatic nitrogens is 1. The minimum atomic E-state index is -4.45. The van der Waals surface area contributed by atoms with Crippen LogP contribution in [-0.4, -0.2) is 40.5 Å². The van der Waals surface area contributed by atoms with Gasteiger partial charge in [0.2, 0.25) is 0 Å². The van der Waals surface area contributed by atoms with Crippen LogP contribution in [0.5, 0.6) is 0 Å². The normalized spacial score (nSPS) is 13.9. The lowest BCUT2D eigenvalue weighted by Crippen LogP contribution is -2.34. The van der Waals surface area contributed by atoms with E-state index in [1.165, 1.54) is 12.1 Å². The molecule has 1 fully saturated rings. The molecular weight excluding hydrogens is 359 g/mol. The first-order valence-electron chi connectivity index (χ1n) is 8.48. The van der Waals surface area contributed by atoms with Gasteiger partial charge in [0.15, 0.2) is 0 Å². The number of benzene rings is 1. The summed E-state index contributed by atoms with van der Waals surface area (Å²) in [6.45, 7) is -1.00. The van der Waals surface area contributed by atoms with E-state index in [0.29, 0.717) is 12.1 Å². The SMILES string of the molecule is O=C(NCC(F)(F)F)c1ccc(CN(C(=O)c2ccncc2)C2CC2)cc1. The molecule has 1 aliphatic rings. The Hall–Kier alpha value is -2.90. The fraction of sp³-hybridized carbons (Fsp3) is 0.316. The second-order valence-corrected chi connectivity index (χ2v) is 6.39. The average molecular weight is 377 g/mol. The summed E-state index contributed by atoms with van der Waals surface area (Å²) in [7, 11) is 0. The molecular formula is C19H18F3N3O2. The van der Waals surface area contributed by atoms with E-state index >= 15 is 0 Å². The van der Waals surface area contributed by atoms with Crippen LogP contribution in [0.15, 0.2) is 48.8 Å². The van der Waals surface area contributed by atoms with Crippen LogP contribution in [0.1, 0.15) is 39.1 Å². The molecule has 1 saturated carbocycles. The Morgan fingerprint density at radius 2 is 1.67 bits per heavy atom.